The number of nitrogens with zero attached hydrogens (tertiary/aromatic N) is 1. The van der Waals surface area contributed by atoms with E-state index in [-0.39, 0.29) is 12.0 Å². The molecule has 1 fully saturated rings. The summed E-state index contributed by atoms with van der Waals surface area (Å²) in [6, 6.07) is 5.58. The molecule has 1 atom stereocenters. The maximum atomic E-state index is 11.9. The Morgan fingerprint density at radius 2 is 2.33 bits per heavy atom. The number of aliphatic hydroxyl groups excluding tert-OH is 1. The Kier molecular flexibility index (Phi) is 4.65. The molecule has 1 amide bonds. The van der Waals surface area contributed by atoms with Gasteiger partial charge in [-0.3, -0.25) is 4.79 Å². The van der Waals surface area contributed by atoms with Crippen molar-refractivity contribution in [1.82, 2.24) is 4.90 Å². The first-order chi connectivity index (χ1) is 8.56. The zero-order valence-corrected chi connectivity index (χ0v) is 12.2. The first kappa shape index (κ1) is 13.8. The quantitative estimate of drug-likeness (QED) is 0.924. The number of hydrogen-bond acceptors (Lipinski definition) is 2. The number of hydrogen-bond donors (Lipinski definition) is 1. The molecule has 0 saturated carbocycles. The number of aryl methyl sites for hydroxylation is 1. The van der Waals surface area contributed by atoms with E-state index in [1.807, 2.05) is 18.2 Å². The summed E-state index contributed by atoms with van der Waals surface area (Å²) in [5, 5.41) is 10.1. The summed E-state index contributed by atoms with van der Waals surface area (Å²) >= 11 is 9.38. The van der Waals surface area contributed by atoms with E-state index < -0.39 is 0 Å². The summed E-state index contributed by atoms with van der Waals surface area (Å²) < 4.78 is 0.973. The monoisotopic (exact) mass is 331 g/mol. The van der Waals surface area contributed by atoms with Gasteiger partial charge in [0.15, 0.2) is 0 Å². The van der Waals surface area contributed by atoms with Crippen LogP contribution in [-0.4, -0.2) is 35.1 Å². The van der Waals surface area contributed by atoms with E-state index in [0.29, 0.717) is 37.4 Å². The minimum absolute atomic E-state index is 0.0958. The first-order valence-corrected chi connectivity index (χ1v) is 7.13. The Morgan fingerprint density at radius 3 is 3.00 bits per heavy atom. The van der Waals surface area contributed by atoms with E-state index >= 15 is 0 Å². The average molecular weight is 333 g/mol. The molecule has 0 radical (unpaired) electrons. The van der Waals surface area contributed by atoms with Crippen LogP contribution in [0, 0.1) is 0 Å². The molecule has 1 aliphatic rings. The standard InChI is InChI=1S/C13H15BrClNO2/c14-12-3-2-10(15)7-9(12)1-4-13(18)16-6-5-11(17)8-16/h2-3,7,11,17H,1,4-6,8H2/t11-/m1/s1. The predicted octanol–water partition coefficient (Wildman–Crippen LogP) is 2.63. The van der Waals surface area contributed by atoms with E-state index in [4.69, 9.17) is 11.6 Å². The Bertz CT molecular complexity index is 453. The fraction of sp³-hybridized carbons (Fsp3) is 0.462. The molecule has 5 heteroatoms. The van der Waals surface area contributed by atoms with Gasteiger partial charge in [-0.2, -0.15) is 0 Å². The van der Waals surface area contributed by atoms with Gasteiger partial charge < -0.3 is 10.0 Å². The number of rotatable bonds is 3. The van der Waals surface area contributed by atoms with Gasteiger partial charge in [0.05, 0.1) is 6.10 Å². The van der Waals surface area contributed by atoms with Crippen LogP contribution in [0.3, 0.4) is 0 Å². The molecular weight excluding hydrogens is 318 g/mol. The van der Waals surface area contributed by atoms with Gasteiger partial charge in [0.2, 0.25) is 5.91 Å². The van der Waals surface area contributed by atoms with Crippen molar-refractivity contribution in [1.29, 1.82) is 0 Å². The molecule has 0 aromatic heterocycles. The van der Waals surface area contributed by atoms with Crippen molar-refractivity contribution in [3.8, 4) is 0 Å². The van der Waals surface area contributed by atoms with Crippen LogP contribution in [-0.2, 0) is 11.2 Å². The number of amides is 1. The summed E-state index contributed by atoms with van der Waals surface area (Å²) in [5.74, 6) is 0.0958. The molecular formula is C13H15BrClNO2. The molecule has 0 bridgehead atoms. The van der Waals surface area contributed by atoms with Gasteiger partial charge in [0, 0.05) is 29.0 Å². The zero-order chi connectivity index (χ0) is 13.1. The predicted molar refractivity (Wildman–Crippen MR) is 74.7 cm³/mol. The zero-order valence-electron chi connectivity index (χ0n) is 9.90. The highest BCUT2D eigenvalue weighted by molar-refractivity contribution is 9.10. The van der Waals surface area contributed by atoms with Gasteiger partial charge in [-0.25, -0.2) is 0 Å². The summed E-state index contributed by atoms with van der Waals surface area (Å²) in [5.41, 5.74) is 1.04. The van der Waals surface area contributed by atoms with Gasteiger partial charge in [-0.15, -0.1) is 0 Å². The average Bonchev–Trinajstić information content (AvgIpc) is 2.77. The molecule has 0 unspecified atom stereocenters. The maximum absolute atomic E-state index is 11.9. The largest absolute Gasteiger partial charge is 0.391 e. The van der Waals surface area contributed by atoms with E-state index in [9.17, 15) is 9.90 Å². The lowest BCUT2D eigenvalue weighted by Crippen LogP contribution is -2.29. The summed E-state index contributed by atoms with van der Waals surface area (Å²) in [4.78, 5) is 13.7. The lowest BCUT2D eigenvalue weighted by Gasteiger charge is -2.15. The van der Waals surface area contributed by atoms with E-state index in [1.54, 1.807) is 4.90 Å². The molecule has 0 aliphatic carbocycles. The Morgan fingerprint density at radius 1 is 1.56 bits per heavy atom. The molecule has 1 aromatic carbocycles. The van der Waals surface area contributed by atoms with Crippen molar-refractivity contribution in [3.63, 3.8) is 0 Å². The molecule has 1 N–H and O–H groups in total. The van der Waals surface area contributed by atoms with Crippen molar-refractivity contribution < 1.29 is 9.90 Å². The number of carbonyl (C=O) groups is 1. The van der Waals surface area contributed by atoms with Crippen LogP contribution in [0.4, 0.5) is 0 Å². The van der Waals surface area contributed by atoms with Gasteiger partial charge >= 0.3 is 0 Å². The van der Waals surface area contributed by atoms with Crippen LogP contribution in [0.1, 0.15) is 18.4 Å². The third-order valence-electron chi connectivity index (χ3n) is 3.13. The van der Waals surface area contributed by atoms with Crippen molar-refractivity contribution >= 4 is 33.4 Å². The van der Waals surface area contributed by atoms with Crippen molar-refractivity contribution in [2.24, 2.45) is 0 Å². The third-order valence-corrected chi connectivity index (χ3v) is 4.14. The SMILES string of the molecule is O=C(CCc1cc(Cl)ccc1Br)N1CC[C@@H](O)C1. The maximum Gasteiger partial charge on any atom is 0.222 e. The molecule has 1 saturated heterocycles. The van der Waals surface area contributed by atoms with E-state index in [1.165, 1.54) is 0 Å². The number of benzene rings is 1. The molecule has 3 nitrogen and oxygen atoms in total. The summed E-state index contributed by atoms with van der Waals surface area (Å²) in [6.45, 7) is 1.13. The third kappa shape index (κ3) is 3.46. The normalized spacial score (nSPS) is 19.3. The molecule has 1 heterocycles. The number of aliphatic hydroxyl groups is 1. The fourth-order valence-corrected chi connectivity index (χ4v) is 2.74. The highest BCUT2D eigenvalue weighted by atomic mass is 79.9. The topological polar surface area (TPSA) is 40.5 Å². The molecule has 18 heavy (non-hydrogen) atoms. The van der Waals surface area contributed by atoms with Gasteiger partial charge in [0.1, 0.15) is 0 Å². The fourth-order valence-electron chi connectivity index (χ4n) is 2.10. The molecule has 1 aliphatic heterocycles. The Labute approximate surface area is 120 Å². The molecule has 1 aromatic rings. The Hall–Kier alpha value is -0.580. The smallest absolute Gasteiger partial charge is 0.222 e. The highest BCUT2D eigenvalue weighted by Crippen LogP contribution is 2.23. The van der Waals surface area contributed by atoms with Crippen LogP contribution in [0.15, 0.2) is 22.7 Å². The molecule has 2 rings (SSSR count). The van der Waals surface area contributed by atoms with Crippen LogP contribution in [0.25, 0.3) is 0 Å². The number of carbonyl (C=O) groups excluding carboxylic acids is 1. The second-order valence-electron chi connectivity index (χ2n) is 4.52. The summed E-state index contributed by atoms with van der Waals surface area (Å²) in [7, 11) is 0. The lowest BCUT2D eigenvalue weighted by atomic mass is 10.1. The summed E-state index contributed by atoms with van der Waals surface area (Å²) in [6.07, 6.45) is 1.44. The minimum Gasteiger partial charge on any atom is -0.391 e. The number of likely N-dealkylation sites (tertiary alicyclic amines) is 1. The van der Waals surface area contributed by atoms with E-state index in [0.717, 1.165) is 10.0 Å². The van der Waals surface area contributed by atoms with Crippen molar-refractivity contribution in [2.45, 2.75) is 25.4 Å². The highest BCUT2D eigenvalue weighted by Gasteiger charge is 2.24. The van der Waals surface area contributed by atoms with Crippen molar-refractivity contribution in [3.05, 3.63) is 33.3 Å². The number of β-amino-alcohol motifs (C(OH)–C–C–N with tert-alkyl or cyclic N) is 1. The van der Waals surface area contributed by atoms with Crippen LogP contribution >= 0.6 is 27.5 Å². The molecule has 98 valence electrons. The minimum atomic E-state index is -0.355. The Balaban J connectivity index is 1.91. The van der Waals surface area contributed by atoms with Crippen molar-refractivity contribution in [2.75, 3.05) is 13.1 Å². The first-order valence-electron chi connectivity index (χ1n) is 5.96. The van der Waals surface area contributed by atoms with Gasteiger partial charge in [0.25, 0.3) is 0 Å². The van der Waals surface area contributed by atoms with Crippen LogP contribution in [0.5, 0.6) is 0 Å². The number of halogens is 2. The van der Waals surface area contributed by atoms with E-state index in [2.05, 4.69) is 15.9 Å². The second kappa shape index (κ2) is 6.04. The van der Waals surface area contributed by atoms with Gasteiger partial charge in [-0.1, -0.05) is 27.5 Å². The van der Waals surface area contributed by atoms with Gasteiger partial charge in [-0.05, 0) is 36.6 Å². The molecule has 0 spiro atoms. The second-order valence-corrected chi connectivity index (χ2v) is 5.81. The van der Waals surface area contributed by atoms with Crippen LogP contribution in [0.2, 0.25) is 5.02 Å². The lowest BCUT2D eigenvalue weighted by molar-refractivity contribution is -0.130. The van der Waals surface area contributed by atoms with Crippen LogP contribution < -0.4 is 0 Å².